The topological polar surface area (TPSA) is 108 Å². The summed E-state index contributed by atoms with van der Waals surface area (Å²) in [6, 6.07) is 0. The molecule has 0 heterocycles. The van der Waals surface area contributed by atoms with Crippen LogP contribution in [-0.2, 0) is 33.3 Å². The quantitative estimate of drug-likeness (QED) is 0.0211. The molecule has 0 rings (SSSR count). The zero-order valence-corrected chi connectivity index (χ0v) is 49.6. The van der Waals surface area contributed by atoms with E-state index in [-0.39, 0.29) is 32.7 Å². The number of allylic oxidation sites excluding steroid dienone is 22. The van der Waals surface area contributed by atoms with Crippen LogP contribution < -0.4 is 0 Å². The Labute approximate surface area is 471 Å². The van der Waals surface area contributed by atoms with Crippen molar-refractivity contribution in [3.8, 4) is 0 Å². The van der Waals surface area contributed by atoms with E-state index in [2.05, 4.69) is 135 Å². The van der Waals surface area contributed by atoms with Gasteiger partial charge in [-0.25, -0.2) is 4.79 Å². The van der Waals surface area contributed by atoms with E-state index >= 15 is 0 Å². The third kappa shape index (κ3) is 58.9. The number of ether oxygens (including phenoxy) is 4. The molecule has 0 fully saturated rings. The summed E-state index contributed by atoms with van der Waals surface area (Å²) in [5.41, 5.74) is 0. The first-order valence-electron chi connectivity index (χ1n) is 30.3. The Balaban J connectivity index is 4.08. The maximum Gasteiger partial charge on any atom is 0.361 e. The lowest BCUT2D eigenvalue weighted by Crippen LogP contribution is -2.40. The predicted octanol–water partition coefficient (Wildman–Crippen LogP) is 18.2. The average Bonchev–Trinajstić information content (AvgIpc) is 3.40. The van der Waals surface area contributed by atoms with Gasteiger partial charge in [0.1, 0.15) is 13.2 Å². The van der Waals surface area contributed by atoms with Gasteiger partial charge in [-0.15, -0.1) is 0 Å². The lowest BCUT2D eigenvalue weighted by atomic mass is 10.0. The molecule has 0 bridgehead atoms. The van der Waals surface area contributed by atoms with E-state index in [9.17, 15) is 19.5 Å². The Morgan fingerprint density at radius 2 is 0.727 bits per heavy atom. The first-order valence-corrected chi connectivity index (χ1v) is 30.3. The first kappa shape index (κ1) is 72.4. The van der Waals surface area contributed by atoms with Crippen molar-refractivity contribution in [3.63, 3.8) is 0 Å². The highest BCUT2D eigenvalue weighted by molar-refractivity contribution is 5.71. The fourth-order valence-electron chi connectivity index (χ4n) is 7.83. The van der Waals surface area contributed by atoms with Crippen molar-refractivity contribution < 1.29 is 42.9 Å². The molecule has 2 atom stereocenters. The molecule has 0 spiro atoms. The number of carbonyl (C=O) groups is 3. The number of nitrogens with zero attached hydrogens (tertiary/aromatic N) is 1. The number of hydrogen-bond acceptors (Lipinski definition) is 7. The van der Waals surface area contributed by atoms with Gasteiger partial charge < -0.3 is 28.5 Å². The molecule has 0 saturated heterocycles. The Kier molecular flexibility index (Phi) is 54.2. The Morgan fingerprint density at radius 1 is 0.390 bits per heavy atom. The third-order valence-electron chi connectivity index (χ3n) is 12.4. The van der Waals surface area contributed by atoms with Crippen LogP contribution in [0.1, 0.15) is 219 Å². The van der Waals surface area contributed by atoms with Gasteiger partial charge in [0.2, 0.25) is 0 Å². The molecule has 0 aromatic carbocycles. The highest BCUT2D eigenvalue weighted by atomic mass is 16.7. The molecule has 9 heteroatoms. The standard InChI is InChI=1S/C68H111NO8/c1-6-8-10-12-14-16-18-20-21-22-23-24-25-26-27-28-29-30-31-32-33-34-35-36-37-38-39-40-41-42-43-44-45-47-49-51-53-55-57-59-66(71)77-64(63-76-68(67(72)73)74-61-60-69(3,4)5)62-75-65(70)58-56-54-52-50-48-46-19-17-15-13-11-9-7-2/h8-11,14-17,20-21,23-24,26-27,29-30,32-33,46,48,52,54,64,68H,6-7,12-13,18-19,22,25,28,31,34-45,47,49-51,53,55-63H2,1-5H3/p+1/b10-8-,11-9-,16-14-,17-15-,21-20-,24-23-,27-26-,30-29-,33-32-,48-46-,54-52-. The summed E-state index contributed by atoms with van der Waals surface area (Å²) in [5, 5.41) is 9.68. The summed E-state index contributed by atoms with van der Waals surface area (Å²) in [6.45, 7) is 4.54. The van der Waals surface area contributed by atoms with Gasteiger partial charge in [0.15, 0.2) is 6.10 Å². The highest BCUT2D eigenvalue weighted by Gasteiger charge is 2.25. The smallest absolute Gasteiger partial charge is 0.361 e. The van der Waals surface area contributed by atoms with Crippen LogP contribution in [0.15, 0.2) is 134 Å². The van der Waals surface area contributed by atoms with Gasteiger partial charge in [0.05, 0.1) is 34.4 Å². The number of carboxylic acid groups (broad SMARTS) is 1. The van der Waals surface area contributed by atoms with E-state index in [4.69, 9.17) is 18.9 Å². The highest BCUT2D eigenvalue weighted by Crippen LogP contribution is 2.16. The Bertz CT molecular complexity index is 1720. The first-order chi connectivity index (χ1) is 37.6. The molecule has 0 radical (unpaired) electrons. The Morgan fingerprint density at radius 3 is 1.09 bits per heavy atom. The number of esters is 2. The summed E-state index contributed by atoms with van der Waals surface area (Å²) < 4.78 is 22.7. The van der Waals surface area contributed by atoms with Crippen LogP contribution in [0.5, 0.6) is 0 Å². The molecule has 0 aromatic rings. The number of aliphatic carboxylic acids is 1. The summed E-state index contributed by atoms with van der Waals surface area (Å²) in [5.74, 6) is -2.12. The average molecular weight is 1070 g/mol. The Hall–Kier alpha value is -4.57. The van der Waals surface area contributed by atoms with Gasteiger partial charge in [-0.1, -0.05) is 244 Å². The zero-order valence-electron chi connectivity index (χ0n) is 49.6. The van der Waals surface area contributed by atoms with E-state index in [1.807, 2.05) is 33.3 Å². The van der Waals surface area contributed by atoms with Gasteiger partial charge >= 0.3 is 17.9 Å². The van der Waals surface area contributed by atoms with Crippen LogP contribution in [0.4, 0.5) is 0 Å². The molecular weight excluding hydrogens is 959 g/mol. The van der Waals surface area contributed by atoms with Crippen molar-refractivity contribution in [3.05, 3.63) is 134 Å². The third-order valence-corrected chi connectivity index (χ3v) is 12.4. The van der Waals surface area contributed by atoms with Crippen molar-refractivity contribution in [2.75, 3.05) is 47.5 Å². The van der Waals surface area contributed by atoms with Gasteiger partial charge in [-0.05, 0) is 96.3 Å². The molecule has 0 aromatic heterocycles. The van der Waals surface area contributed by atoms with Crippen molar-refractivity contribution in [1.82, 2.24) is 0 Å². The van der Waals surface area contributed by atoms with Gasteiger partial charge in [0, 0.05) is 12.8 Å². The fraction of sp³-hybridized carbons (Fsp3) is 0.632. The number of hydrogen-bond donors (Lipinski definition) is 1. The maximum atomic E-state index is 12.9. The monoisotopic (exact) mass is 1070 g/mol. The van der Waals surface area contributed by atoms with E-state index < -0.39 is 30.3 Å². The van der Waals surface area contributed by atoms with Crippen molar-refractivity contribution in [2.24, 2.45) is 0 Å². The second kappa shape index (κ2) is 57.6. The minimum Gasteiger partial charge on any atom is -0.477 e. The van der Waals surface area contributed by atoms with E-state index in [0.717, 1.165) is 89.9 Å². The number of rotatable bonds is 54. The molecule has 9 nitrogen and oxygen atoms in total. The maximum absolute atomic E-state index is 12.9. The van der Waals surface area contributed by atoms with Crippen molar-refractivity contribution in [1.29, 1.82) is 0 Å². The van der Waals surface area contributed by atoms with E-state index in [0.29, 0.717) is 23.9 Å². The second-order valence-electron chi connectivity index (χ2n) is 20.9. The van der Waals surface area contributed by atoms with E-state index in [1.54, 1.807) is 0 Å². The van der Waals surface area contributed by atoms with Crippen molar-refractivity contribution in [2.45, 2.75) is 232 Å². The molecule has 2 unspecified atom stereocenters. The molecule has 77 heavy (non-hydrogen) atoms. The number of unbranched alkanes of at least 4 members (excludes halogenated alkanes) is 17. The van der Waals surface area contributed by atoms with Crippen LogP contribution >= 0.6 is 0 Å². The molecule has 436 valence electrons. The largest absolute Gasteiger partial charge is 0.477 e. The summed E-state index contributed by atoms with van der Waals surface area (Å²) >= 11 is 0. The second-order valence-corrected chi connectivity index (χ2v) is 20.9. The SMILES string of the molecule is CC/C=C\C/C=C\C/C=C\C/C=C\C/C=C\C/C=C\C/C=C\CCCCCCCCCCCCCCCCCCCC(=O)OC(COC(=O)CC/C=C\C/C=C\C/C=C\C/C=C\CC)COC(OCC[N+](C)(C)C)C(=O)O. The minimum atomic E-state index is -1.53. The summed E-state index contributed by atoms with van der Waals surface area (Å²) in [4.78, 5) is 37.3. The van der Waals surface area contributed by atoms with Crippen LogP contribution in [0.25, 0.3) is 0 Å². The lowest BCUT2D eigenvalue weighted by Gasteiger charge is -2.25. The lowest BCUT2D eigenvalue weighted by molar-refractivity contribution is -0.870. The van der Waals surface area contributed by atoms with Crippen LogP contribution in [-0.4, -0.2) is 87.4 Å². The molecule has 1 N–H and O–H groups in total. The molecule has 0 amide bonds. The molecule has 0 aliphatic heterocycles. The van der Waals surface area contributed by atoms with Crippen molar-refractivity contribution >= 4 is 17.9 Å². The normalized spacial score (nSPS) is 13.7. The summed E-state index contributed by atoms with van der Waals surface area (Å²) in [6.07, 6.45) is 80.1. The number of quaternary nitrogens is 1. The number of likely N-dealkylation sites (N-methyl/N-ethyl adjacent to an activating group) is 1. The number of carboxylic acids is 1. The minimum absolute atomic E-state index is 0.172. The van der Waals surface area contributed by atoms with Crippen LogP contribution in [0.3, 0.4) is 0 Å². The molecule has 0 aliphatic rings. The molecule has 0 aliphatic carbocycles. The van der Waals surface area contributed by atoms with Crippen LogP contribution in [0, 0.1) is 0 Å². The summed E-state index contributed by atoms with van der Waals surface area (Å²) in [7, 11) is 5.94. The predicted molar refractivity (Wildman–Crippen MR) is 327 cm³/mol. The van der Waals surface area contributed by atoms with E-state index in [1.165, 1.54) is 89.9 Å². The van der Waals surface area contributed by atoms with Gasteiger partial charge in [0.25, 0.3) is 6.29 Å². The van der Waals surface area contributed by atoms with Crippen LogP contribution in [0.2, 0.25) is 0 Å². The van der Waals surface area contributed by atoms with Gasteiger partial charge in [-0.2, -0.15) is 0 Å². The molecule has 0 saturated carbocycles. The van der Waals surface area contributed by atoms with Gasteiger partial charge in [-0.3, -0.25) is 9.59 Å². The number of carbonyl (C=O) groups excluding carboxylic acids is 2. The zero-order chi connectivity index (χ0) is 56.2. The fourth-order valence-corrected chi connectivity index (χ4v) is 7.83. The molecular formula is C68H112NO8+.